The molecule has 0 amide bonds. The first kappa shape index (κ1) is 12.6. The Hall–Kier alpha value is -0.820. The van der Waals surface area contributed by atoms with E-state index in [1.165, 1.54) is 37.7 Å². The van der Waals surface area contributed by atoms with Crippen LogP contribution < -0.4 is 5.73 Å². The zero-order valence-electron chi connectivity index (χ0n) is 11.3. The van der Waals surface area contributed by atoms with Crippen molar-refractivity contribution in [3.8, 4) is 0 Å². The summed E-state index contributed by atoms with van der Waals surface area (Å²) in [6.45, 7) is 5.34. The van der Waals surface area contributed by atoms with Crippen molar-refractivity contribution >= 4 is 0 Å². The van der Waals surface area contributed by atoms with Gasteiger partial charge in [-0.1, -0.05) is 32.0 Å². The summed E-state index contributed by atoms with van der Waals surface area (Å²) in [7, 11) is 0. The number of aryl methyl sites for hydroxylation is 2. The first-order valence-electron chi connectivity index (χ1n) is 7.04. The van der Waals surface area contributed by atoms with Gasteiger partial charge in [0.05, 0.1) is 0 Å². The zero-order chi connectivity index (χ0) is 12.3. The second kappa shape index (κ2) is 5.22. The van der Waals surface area contributed by atoms with E-state index in [1.54, 1.807) is 11.1 Å². The molecule has 1 nitrogen and oxygen atoms in total. The standard InChI is InChI=1S/C16H25N/c1-3-16(4-2,12-17)11-13-8-9-14-6-5-7-15(14)10-13/h8-10H,3-7,11-12,17H2,1-2H3. The third-order valence-electron chi connectivity index (χ3n) is 4.68. The van der Waals surface area contributed by atoms with Crippen molar-refractivity contribution in [2.24, 2.45) is 11.1 Å². The average Bonchev–Trinajstić information content (AvgIpc) is 2.83. The molecule has 0 fully saturated rings. The first-order valence-corrected chi connectivity index (χ1v) is 7.04. The SMILES string of the molecule is CCC(CC)(CN)Cc1ccc2c(c1)CCC2. The molecule has 0 aliphatic heterocycles. The Morgan fingerprint density at radius 2 is 1.82 bits per heavy atom. The van der Waals surface area contributed by atoms with E-state index < -0.39 is 0 Å². The Morgan fingerprint density at radius 3 is 2.47 bits per heavy atom. The Labute approximate surface area is 105 Å². The van der Waals surface area contributed by atoms with Crippen LogP contribution in [0.15, 0.2) is 18.2 Å². The van der Waals surface area contributed by atoms with E-state index in [0.29, 0.717) is 5.41 Å². The molecule has 0 spiro atoms. The molecule has 94 valence electrons. The van der Waals surface area contributed by atoms with Gasteiger partial charge in [-0.25, -0.2) is 0 Å². The minimum absolute atomic E-state index is 0.312. The van der Waals surface area contributed by atoms with Gasteiger partial charge in [-0.15, -0.1) is 0 Å². The maximum absolute atomic E-state index is 5.99. The van der Waals surface area contributed by atoms with Crippen LogP contribution in [0.3, 0.4) is 0 Å². The predicted molar refractivity (Wildman–Crippen MR) is 74.2 cm³/mol. The largest absolute Gasteiger partial charge is 0.330 e. The van der Waals surface area contributed by atoms with Gasteiger partial charge in [0.1, 0.15) is 0 Å². The molecule has 2 rings (SSSR count). The maximum atomic E-state index is 5.99. The van der Waals surface area contributed by atoms with Crippen molar-refractivity contribution in [1.82, 2.24) is 0 Å². The lowest BCUT2D eigenvalue weighted by molar-refractivity contribution is 0.271. The molecule has 1 aromatic carbocycles. The van der Waals surface area contributed by atoms with E-state index in [2.05, 4.69) is 32.0 Å². The summed E-state index contributed by atoms with van der Waals surface area (Å²) in [5.74, 6) is 0. The normalized spacial score (nSPS) is 15.0. The third kappa shape index (κ3) is 2.55. The van der Waals surface area contributed by atoms with E-state index in [1.807, 2.05) is 0 Å². The van der Waals surface area contributed by atoms with Crippen LogP contribution >= 0.6 is 0 Å². The van der Waals surface area contributed by atoms with Crippen molar-refractivity contribution in [1.29, 1.82) is 0 Å². The summed E-state index contributed by atoms with van der Waals surface area (Å²) in [6, 6.07) is 7.09. The number of nitrogens with two attached hydrogens (primary N) is 1. The van der Waals surface area contributed by atoms with Crippen LogP contribution in [0.2, 0.25) is 0 Å². The highest BCUT2D eigenvalue weighted by atomic mass is 14.6. The van der Waals surface area contributed by atoms with E-state index in [0.717, 1.165) is 13.0 Å². The molecule has 2 N–H and O–H groups in total. The number of fused-ring (bicyclic) bond motifs is 1. The van der Waals surface area contributed by atoms with E-state index in [-0.39, 0.29) is 0 Å². The molecule has 17 heavy (non-hydrogen) atoms. The summed E-state index contributed by atoms with van der Waals surface area (Å²) >= 11 is 0. The van der Waals surface area contributed by atoms with Gasteiger partial charge >= 0.3 is 0 Å². The van der Waals surface area contributed by atoms with Gasteiger partial charge < -0.3 is 5.73 Å². The van der Waals surface area contributed by atoms with Gasteiger partial charge in [-0.05, 0) is 67.2 Å². The van der Waals surface area contributed by atoms with Crippen molar-refractivity contribution < 1.29 is 0 Å². The zero-order valence-corrected chi connectivity index (χ0v) is 11.3. The predicted octanol–water partition coefficient (Wildman–Crippen LogP) is 3.48. The number of benzene rings is 1. The van der Waals surface area contributed by atoms with Crippen LogP contribution in [-0.4, -0.2) is 6.54 Å². The lowest BCUT2D eigenvalue weighted by Crippen LogP contribution is -2.31. The molecule has 1 aliphatic rings. The second-order valence-electron chi connectivity index (χ2n) is 5.54. The Morgan fingerprint density at radius 1 is 1.12 bits per heavy atom. The fourth-order valence-corrected chi connectivity index (χ4v) is 3.03. The fourth-order valence-electron chi connectivity index (χ4n) is 3.03. The summed E-state index contributed by atoms with van der Waals surface area (Å²) in [4.78, 5) is 0. The lowest BCUT2D eigenvalue weighted by Gasteiger charge is -2.30. The van der Waals surface area contributed by atoms with Gasteiger partial charge in [0.2, 0.25) is 0 Å². The van der Waals surface area contributed by atoms with Crippen LogP contribution in [0.5, 0.6) is 0 Å². The molecule has 0 saturated carbocycles. The number of rotatable bonds is 5. The van der Waals surface area contributed by atoms with Gasteiger partial charge in [0.25, 0.3) is 0 Å². The minimum atomic E-state index is 0.312. The molecule has 1 aliphatic carbocycles. The molecule has 0 aromatic heterocycles. The summed E-state index contributed by atoms with van der Waals surface area (Å²) in [5, 5.41) is 0. The molecule has 0 atom stereocenters. The third-order valence-corrected chi connectivity index (χ3v) is 4.68. The van der Waals surface area contributed by atoms with Crippen LogP contribution in [0.4, 0.5) is 0 Å². The monoisotopic (exact) mass is 231 g/mol. The summed E-state index contributed by atoms with van der Waals surface area (Å²) < 4.78 is 0. The molecule has 0 bridgehead atoms. The average molecular weight is 231 g/mol. The lowest BCUT2D eigenvalue weighted by atomic mass is 9.77. The second-order valence-corrected chi connectivity index (χ2v) is 5.54. The van der Waals surface area contributed by atoms with Gasteiger partial charge in [0, 0.05) is 0 Å². The van der Waals surface area contributed by atoms with Crippen molar-refractivity contribution in [2.45, 2.75) is 52.4 Å². The van der Waals surface area contributed by atoms with Crippen LogP contribution in [0.1, 0.15) is 49.8 Å². The van der Waals surface area contributed by atoms with E-state index in [4.69, 9.17) is 5.73 Å². The van der Waals surface area contributed by atoms with Crippen LogP contribution in [0.25, 0.3) is 0 Å². The molecule has 0 heterocycles. The quantitative estimate of drug-likeness (QED) is 0.825. The van der Waals surface area contributed by atoms with Crippen molar-refractivity contribution in [3.63, 3.8) is 0 Å². The Kier molecular flexibility index (Phi) is 3.88. The van der Waals surface area contributed by atoms with Gasteiger partial charge in [-0.2, -0.15) is 0 Å². The fraction of sp³-hybridized carbons (Fsp3) is 0.625. The molecule has 0 radical (unpaired) electrons. The highest BCUT2D eigenvalue weighted by Gasteiger charge is 2.25. The van der Waals surface area contributed by atoms with Gasteiger partial charge in [0.15, 0.2) is 0 Å². The van der Waals surface area contributed by atoms with Crippen LogP contribution in [0, 0.1) is 5.41 Å². The van der Waals surface area contributed by atoms with Crippen molar-refractivity contribution in [3.05, 3.63) is 34.9 Å². The van der Waals surface area contributed by atoms with E-state index >= 15 is 0 Å². The topological polar surface area (TPSA) is 26.0 Å². The molecule has 1 heteroatoms. The molecular weight excluding hydrogens is 206 g/mol. The Balaban J connectivity index is 2.18. The minimum Gasteiger partial charge on any atom is -0.330 e. The number of hydrogen-bond donors (Lipinski definition) is 1. The van der Waals surface area contributed by atoms with E-state index in [9.17, 15) is 0 Å². The molecule has 0 saturated heterocycles. The van der Waals surface area contributed by atoms with Crippen LogP contribution in [-0.2, 0) is 19.3 Å². The highest BCUT2D eigenvalue weighted by Crippen LogP contribution is 2.31. The highest BCUT2D eigenvalue weighted by molar-refractivity contribution is 5.35. The summed E-state index contributed by atoms with van der Waals surface area (Å²) in [6.07, 6.45) is 7.39. The molecular formula is C16H25N. The molecule has 0 unspecified atom stereocenters. The molecule has 1 aromatic rings. The maximum Gasteiger partial charge on any atom is -0.00175 e. The smallest absolute Gasteiger partial charge is 0.00175 e. The Bertz CT molecular complexity index is 369. The van der Waals surface area contributed by atoms with Crippen molar-refractivity contribution in [2.75, 3.05) is 6.54 Å². The van der Waals surface area contributed by atoms with Gasteiger partial charge in [-0.3, -0.25) is 0 Å². The first-order chi connectivity index (χ1) is 8.23. The number of hydrogen-bond acceptors (Lipinski definition) is 1. The summed E-state index contributed by atoms with van der Waals surface area (Å²) in [5.41, 5.74) is 10.9.